The Morgan fingerprint density at radius 1 is 1.17 bits per heavy atom. The van der Waals surface area contributed by atoms with Gasteiger partial charge in [-0.1, -0.05) is 19.4 Å². The van der Waals surface area contributed by atoms with Gasteiger partial charge in [0.15, 0.2) is 5.78 Å². The molecule has 130 valence electrons. The lowest BCUT2D eigenvalue weighted by Gasteiger charge is -2.59. The molecule has 0 unspecified atom stereocenters. The average molecular weight is 327 g/mol. The van der Waals surface area contributed by atoms with Crippen molar-refractivity contribution < 1.29 is 9.90 Å². The smallest absolute Gasteiger partial charge is 0.155 e. The maximum absolute atomic E-state index is 11.9. The molecule has 0 aromatic rings. The Morgan fingerprint density at radius 2 is 1.92 bits per heavy atom. The van der Waals surface area contributed by atoms with E-state index in [2.05, 4.69) is 19.9 Å². The van der Waals surface area contributed by atoms with Gasteiger partial charge in [0.2, 0.25) is 0 Å². The summed E-state index contributed by atoms with van der Waals surface area (Å²) in [6, 6.07) is 2.24. The van der Waals surface area contributed by atoms with E-state index in [0.717, 1.165) is 44.9 Å². The first-order chi connectivity index (χ1) is 11.3. The van der Waals surface area contributed by atoms with Gasteiger partial charge in [-0.3, -0.25) is 4.79 Å². The zero-order valence-electron chi connectivity index (χ0n) is 15.0. The average Bonchev–Trinajstić information content (AvgIpc) is 2.80. The summed E-state index contributed by atoms with van der Waals surface area (Å²) >= 11 is 0. The summed E-state index contributed by atoms with van der Waals surface area (Å²) in [7, 11) is 0. The minimum Gasteiger partial charge on any atom is -0.388 e. The van der Waals surface area contributed by atoms with Crippen LogP contribution in [0.4, 0.5) is 0 Å². The number of carbonyl (C=O) groups excluding carboxylic acids is 1. The maximum Gasteiger partial charge on any atom is 0.155 e. The predicted molar refractivity (Wildman–Crippen MR) is 91.9 cm³/mol. The summed E-state index contributed by atoms with van der Waals surface area (Å²) in [5.41, 5.74) is 0.686. The lowest BCUT2D eigenvalue weighted by Crippen LogP contribution is -2.54. The van der Waals surface area contributed by atoms with Gasteiger partial charge < -0.3 is 5.11 Å². The molecule has 3 saturated carbocycles. The molecule has 1 N–H and O–H groups in total. The molecular weight excluding hydrogens is 298 g/mol. The van der Waals surface area contributed by atoms with Crippen LogP contribution < -0.4 is 0 Å². The summed E-state index contributed by atoms with van der Waals surface area (Å²) in [4.78, 5) is 11.9. The Kier molecular flexibility index (Phi) is 3.52. The van der Waals surface area contributed by atoms with Crippen molar-refractivity contribution in [3.05, 3.63) is 11.6 Å². The zero-order chi connectivity index (χ0) is 17.2. The molecule has 3 heteroatoms. The first kappa shape index (κ1) is 16.3. The van der Waals surface area contributed by atoms with Crippen molar-refractivity contribution in [1.82, 2.24) is 0 Å². The molecule has 0 heterocycles. The van der Waals surface area contributed by atoms with Crippen LogP contribution in [0.2, 0.25) is 0 Å². The third kappa shape index (κ3) is 1.96. The van der Waals surface area contributed by atoms with Crippen LogP contribution in [0.15, 0.2) is 11.6 Å². The molecule has 0 aliphatic heterocycles. The highest BCUT2D eigenvalue weighted by atomic mass is 16.3. The Bertz CT molecular complexity index is 647. The molecule has 4 rings (SSSR count). The number of nitrogens with zero attached hydrogens (tertiary/aromatic N) is 1. The van der Waals surface area contributed by atoms with Gasteiger partial charge in [-0.25, -0.2) is 0 Å². The van der Waals surface area contributed by atoms with E-state index in [1.807, 2.05) is 6.08 Å². The number of nitriles is 1. The Hall–Kier alpha value is -1.14. The number of allylic oxidation sites excluding steroid dienone is 1. The third-order valence-electron chi connectivity index (χ3n) is 8.66. The van der Waals surface area contributed by atoms with Crippen LogP contribution in [-0.4, -0.2) is 16.5 Å². The van der Waals surface area contributed by atoms with Crippen molar-refractivity contribution >= 4 is 5.78 Å². The van der Waals surface area contributed by atoms with Gasteiger partial charge in [0.05, 0.1) is 18.1 Å². The predicted octanol–water partition coefficient (Wildman–Crippen LogP) is 4.16. The van der Waals surface area contributed by atoms with E-state index < -0.39 is 5.60 Å². The van der Waals surface area contributed by atoms with Gasteiger partial charge in [-0.15, -0.1) is 0 Å². The standard InChI is InChI=1S/C21H29NO2/c1-19-8-5-15(23)13-14(19)3-4-16-17(19)6-9-20(2)18(16)7-10-21(20,24)11-12-22/h13,16-18,24H,3-11H2,1-2H3/t16-,17+,18+,19+,20+,21+/m0/s1. The molecule has 6 atom stereocenters. The minimum atomic E-state index is -0.795. The van der Waals surface area contributed by atoms with E-state index in [1.54, 1.807) is 0 Å². The molecule has 0 aromatic carbocycles. The van der Waals surface area contributed by atoms with Crippen molar-refractivity contribution in [3.8, 4) is 6.07 Å². The van der Waals surface area contributed by atoms with E-state index in [1.165, 1.54) is 5.57 Å². The van der Waals surface area contributed by atoms with E-state index in [-0.39, 0.29) is 17.3 Å². The Labute approximate surface area is 145 Å². The fraction of sp³-hybridized carbons (Fsp3) is 0.810. The molecule has 3 fully saturated rings. The second-order valence-corrected chi connectivity index (χ2v) is 9.33. The number of hydrogen-bond acceptors (Lipinski definition) is 3. The van der Waals surface area contributed by atoms with Gasteiger partial charge in [0.1, 0.15) is 0 Å². The second-order valence-electron chi connectivity index (χ2n) is 9.33. The van der Waals surface area contributed by atoms with E-state index in [4.69, 9.17) is 0 Å². The summed E-state index contributed by atoms with van der Waals surface area (Å²) in [5, 5.41) is 20.4. The molecule has 0 bridgehead atoms. The molecule has 0 amide bonds. The highest BCUT2D eigenvalue weighted by molar-refractivity contribution is 5.91. The highest BCUT2D eigenvalue weighted by Crippen LogP contribution is 2.67. The third-order valence-corrected chi connectivity index (χ3v) is 8.66. The van der Waals surface area contributed by atoms with Gasteiger partial charge in [0, 0.05) is 11.8 Å². The van der Waals surface area contributed by atoms with Crippen LogP contribution in [0.25, 0.3) is 0 Å². The van der Waals surface area contributed by atoms with Gasteiger partial charge in [-0.05, 0) is 74.2 Å². The van der Waals surface area contributed by atoms with Crippen LogP contribution in [0.5, 0.6) is 0 Å². The number of ketones is 1. The maximum atomic E-state index is 11.9. The van der Waals surface area contributed by atoms with Crippen molar-refractivity contribution in [3.63, 3.8) is 0 Å². The zero-order valence-corrected chi connectivity index (χ0v) is 15.0. The molecular formula is C21H29NO2. The fourth-order valence-corrected chi connectivity index (χ4v) is 7.09. The second kappa shape index (κ2) is 5.18. The van der Waals surface area contributed by atoms with E-state index in [9.17, 15) is 15.2 Å². The first-order valence-electron chi connectivity index (χ1n) is 9.67. The lowest BCUT2D eigenvalue weighted by molar-refractivity contribution is -0.128. The minimum absolute atomic E-state index is 0.105. The van der Waals surface area contributed by atoms with Crippen molar-refractivity contribution in [2.45, 2.75) is 77.2 Å². The molecule has 0 spiro atoms. The molecule has 0 aromatic heterocycles. The molecule has 24 heavy (non-hydrogen) atoms. The van der Waals surface area contributed by atoms with Crippen molar-refractivity contribution in [2.75, 3.05) is 0 Å². The Morgan fingerprint density at radius 3 is 2.67 bits per heavy atom. The van der Waals surface area contributed by atoms with Gasteiger partial charge >= 0.3 is 0 Å². The SMILES string of the molecule is C[C@@]12CCC(=O)C=C1CC[C@H]1[C@H]2CC[C@]2(C)[C@@H]1CC[C@@]2(O)CC#N. The topological polar surface area (TPSA) is 61.1 Å². The van der Waals surface area contributed by atoms with Crippen molar-refractivity contribution in [2.24, 2.45) is 28.6 Å². The monoisotopic (exact) mass is 327 g/mol. The van der Waals surface area contributed by atoms with Crippen LogP contribution in [0.3, 0.4) is 0 Å². The number of rotatable bonds is 1. The summed E-state index contributed by atoms with van der Waals surface area (Å²) < 4.78 is 0. The molecule has 3 nitrogen and oxygen atoms in total. The number of carbonyl (C=O) groups is 1. The van der Waals surface area contributed by atoms with E-state index in [0.29, 0.717) is 30.0 Å². The van der Waals surface area contributed by atoms with Crippen LogP contribution >= 0.6 is 0 Å². The fourth-order valence-electron chi connectivity index (χ4n) is 7.09. The van der Waals surface area contributed by atoms with Crippen molar-refractivity contribution in [1.29, 1.82) is 5.26 Å². The summed E-state index contributed by atoms with van der Waals surface area (Å²) in [6.45, 7) is 4.64. The molecule has 4 aliphatic carbocycles. The quantitative estimate of drug-likeness (QED) is 0.786. The van der Waals surface area contributed by atoms with Gasteiger partial charge in [0.25, 0.3) is 0 Å². The van der Waals surface area contributed by atoms with Crippen LogP contribution in [0.1, 0.15) is 71.6 Å². The largest absolute Gasteiger partial charge is 0.388 e. The van der Waals surface area contributed by atoms with Crippen LogP contribution in [-0.2, 0) is 4.79 Å². The summed E-state index contributed by atoms with van der Waals surface area (Å²) in [5.74, 6) is 2.14. The van der Waals surface area contributed by atoms with E-state index >= 15 is 0 Å². The van der Waals surface area contributed by atoms with Crippen LogP contribution in [0, 0.1) is 39.9 Å². The van der Waals surface area contributed by atoms with Gasteiger partial charge in [-0.2, -0.15) is 5.26 Å². The highest BCUT2D eigenvalue weighted by Gasteiger charge is 2.63. The first-order valence-corrected chi connectivity index (χ1v) is 9.67. The molecule has 0 saturated heterocycles. The normalized spacial score (nSPS) is 50.3. The Balaban J connectivity index is 1.67. The lowest BCUT2D eigenvalue weighted by atomic mass is 9.46. The number of aliphatic hydroxyl groups is 1. The number of fused-ring (bicyclic) bond motifs is 5. The molecule has 4 aliphatic rings. The summed E-state index contributed by atoms with van der Waals surface area (Å²) in [6.07, 6.45) is 10.1. The number of hydrogen-bond donors (Lipinski definition) is 1. The molecule has 0 radical (unpaired) electrons.